The highest BCUT2D eigenvalue weighted by Gasteiger charge is 2.44. The molecule has 5 rings (SSSR count). The zero-order valence-corrected chi connectivity index (χ0v) is 14.4. The first-order valence-corrected chi connectivity index (χ1v) is 8.86. The third-order valence-corrected chi connectivity index (χ3v) is 5.48. The minimum absolute atomic E-state index is 0.0785. The van der Waals surface area contributed by atoms with Gasteiger partial charge in [-0.25, -0.2) is 0 Å². The molecule has 0 spiro atoms. The SMILES string of the molecule is C/C=C/C(=O)N1CCc2cc3c(c4c2[C@H]1[C@H](O)c1ccccc1-4)OCO3. The molecule has 1 aliphatic carbocycles. The average molecular weight is 349 g/mol. The summed E-state index contributed by atoms with van der Waals surface area (Å²) in [7, 11) is 0. The standard InChI is InChI=1S/C21H19NO4/c1-2-5-16(23)22-9-8-12-10-15-21(26-11-25-15)18-13-6-3-4-7-14(13)20(24)19(22)17(12)18/h2-7,10,19-20,24H,8-9,11H2,1H3/b5-2+/t19-,20+/m0/s1. The molecule has 0 radical (unpaired) electrons. The molecule has 0 aromatic heterocycles. The maximum atomic E-state index is 12.7. The first-order chi connectivity index (χ1) is 12.7. The van der Waals surface area contributed by atoms with E-state index in [1.807, 2.05) is 37.3 Å². The summed E-state index contributed by atoms with van der Waals surface area (Å²) < 4.78 is 11.4. The summed E-state index contributed by atoms with van der Waals surface area (Å²) in [6, 6.07) is 9.38. The molecule has 2 aromatic rings. The van der Waals surface area contributed by atoms with Crippen molar-refractivity contribution < 1.29 is 19.4 Å². The van der Waals surface area contributed by atoms with Gasteiger partial charge in [-0.2, -0.15) is 0 Å². The predicted molar refractivity (Wildman–Crippen MR) is 95.9 cm³/mol. The van der Waals surface area contributed by atoms with Gasteiger partial charge in [0.1, 0.15) is 6.10 Å². The lowest BCUT2D eigenvalue weighted by molar-refractivity contribution is -0.132. The molecule has 5 nitrogen and oxygen atoms in total. The van der Waals surface area contributed by atoms with Crippen LogP contribution in [-0.2, 0) is 11.2 Å². The number of rotatable bonds is 1. The maximum absolute atomic E-state index is 12.7. The Hall–Kier alpha value is -2.79. The van der Waals surface area contributed by atoms with Gasteiger partial charge in [-0.1, -0.05) is 30.3 Å². The van der Waals surface area contributed by atoms with Crippen LogP contribution < -0.4 is 9.47 Å². The van der Waals surface area contributed by atoms with Crippen LogP contribution in [0.1, 0.15) is 35.8 Å². The number of nitrogens with zero attached hydrogens (tertiary/aromatic N) is 1. The van der Waals surface area contributed by atoms with Gasteiger partial charge in [0.25, 0.3) is 0 Å². The molecule has 2 atom stereocenters. The van der Waals surface area contributed by atoms with Crippen LogP contribution >= 0.6 is 0 Å². The van der Waals surface area contributed by atoms with E-state index in [1.165, 1.54) is 0 Å². The van der Waals surface area contributed by atoms with Crippen molar-refractivity contribution in [2.45, 2.75) is 25.5 Å². The van der Waals surface area contributed by atoms with Crippen LogP contribution in [0.4, 0.5) is 0 Å². The quantitative estimate of drug-likeness (QED) is 0.804. The largest absolute Gasteiger partial charge is 0.454 e. The molecule has 0 saturated carbocycles. The minimum atomic E-state index is -0.771. The molecule has 2 aliphatic heterocycles. The lowest BCUT2D eigenvalue weighted by atomic mass is 9.75. The van der Waals surface area contributed by atoms with Crippen molar-refractivity contribution in [1.29, 1.82) is 0 Å². The summed E-state index contributed by atoms with van der Waals surface area (Å²) in [6.45, 7) is 2.59. The fourth-order valence-corrected chi connectivity index (χ4v) is 4.42. The fourth-order valence-electron chi connectivity index (χ4n) is 4.42. The summed E-state index contributed by atoms with van der Waals surface area (Å²) in [6.07, 6.45) is 3.26. The highest BCUT2D eigenvalue weighted by molar-refractivity contribution is 5.90. The molecule has 0 saturated heterocycles. The van der Waals surface area contributed by atoms with Crippen LogP contribution in [0.15, 0.2) is 42.5 Å². The van der Waals surface area contributed by atoms with Crippen molar-refractivity contribution in [3.05, 3.63) is 59.2 Å². The van der Waals surface area contributed by atoms with Crippen molar-refractivity contribution in [2.24, 2.45) is 0 Å². The zero-order chi connectivity index (χ0) is 17.8. The van der Waals surface area contributed by atoms with E-state index in [0.29, 0.717) is 12.3 Å². The number of ether oxygens (including phenoxy) is 2. The lowest BCUT2D eigenvalue weighted by Gasteiger charge is -2.44. The highest BCUT2D eigenvalue weighted by atomic mass is 16.7. The van der Waals surface area contributed by atoms with Crippen LogP contribution in [0.5, 0.6) is 11.5 Å². The number of aliphatic hydroxyl groups excluding tert-OH is 1. The van der Waals surface area contributed by atoms with Gasteiger partial charge in [-0.3, -0.25) is 4.79 Å². The Balaban J connectivity index is 1.80. The summed E-state index contributed by atoms with van der Waals surface area (Å²) >= 11 is 0. The molecule has 2 heterocycles. The van der Waals surface area contributed by atoms with Crippen molar-refractivity contribution in [3.8, 4) is 22.6 Å². The van der Waals surface area contributed by atoms with Gasteiger partial charge in [0.05, 0.1) is 6.04 Å². The minimum Gasteiger partial charge on any atom is -0.454 e. The third kappa shape index (κ3) is 1.98. The lowest BCUT2D eigenvalue weighted by Crippen LogP contribution is -2.43. The molecule has 3 aliphatic rings. The fraction of sp³-hybridized carbons (Fsp3) is 0.286. The second kappa shape index (κ2) is 5.61. The van der Waals surface area contributed by atoms with Gasteiger partial charge in [0.15, 0.2) is 11.5 Å². The number of benzene rings is 2. The Bertz CT molecular complexity index is 949. The van der Waals surface area contributed by atoms with E-state index >= 15 is 0 Å². The Morgan fingerprint density at radius 2 is 2.15 bits per heavy atom. The molecule has 132 valence electrons. The van der Waals surface area contributed by atoms with E-state index in [0.717, 1.165) is 40.0 Å². The molecule has 1 N–H and O–H groups in total. The van der Waals surface area contributed by atoms with Crippen molar-refractivity contribution in [2.75, 3.05) is 13.3 Å². The number of hydrogen-bond acceptors (Lipinski definition) is 4. The van der Waals surface area contributed by atoms with Crippen LogP contribution in [0.2, 0.25) is 0 Å². The summed E-state index contributed by atoms with van der Waals surface area (Å²) in [5.74, 6) is 1.38. The molecular formula is C21H19NO4. The molecule has 5 heteroatoms. The molecule has 0 fully saturated rings. The van der Waals surface area contributed by atoms with Gasteiger partial charge in [-0.15, -0.1) is 0 Å². The van der Waals surface area contributed by atoms with E-state index in [4.69, 9.17) is 9.47 Å². The van der Waals surface area contributed by atoms with E-state index in [9.17, 15) is 9.90 Å². The van der Waals surface area contributed by atoms with Gasteiger partial charge >= 0.3 is 0 Å². The number of hydrogen-bond donors (Lipinski definition) is 1. The van der Waals surface area contributed by atoms with Crippen LogP contribution in [0, 0.1) is 0 Å². The van der Waals surface area contributed by atoms with Crippen LogP contribution in [0.25, 0.3) is 11.1 Å². The van der Waals surface area contributed by atoms with Crippen molar-refractivity contribution >= 4 is 5.91 Å². The predicted octanol–water partition coefficient (Wildman–Crippen LogP) is 3.13. The molecule has 1 amide bonds. The number of carbonyl (C=O) groups is 1. The van der Waals surface area contributed by atoms with E-state index in [1.54, 1.807) is 17.1 Å². The number of aliphatic hydroxyl groups is 1. The molecular weight excluding hydrogens is 330 g/mol. The van der Waals surface area contributed by atoms with Gasteiger partial charge in [-0.05, 0) is 47.7 Å². The molecule has 26 heavy (non-hydrogen) atoms. The van der Waals surface area contributed by atoms with Crippen LogP contribution in [-0.4, -0.2) is 29.3 Å². The average Bonchev–Trinajstić information content (AvgIpc) is 3.12. The smallest absolute Gasteiger partial charge is 0.246 e. The third-order valence-electron chi connectivity index (χ3n) is 5.48. The van der Waals surface area contributed by atoms with Gasteiger partial charge < -0.3 is 19.5 Å². The molecule has 2 aromatic carbocycles. The van der Waals surface area contributed by atoms with Crippen molar-refractivity contribution in [3.63, 3.8) is 0 Å². The first-order valence-electron chi connectivity index (χ1n) is 8.86. The number of carbonyl (C=O) groups excluding carboxylic acids is 1. The summed E-state index contributed by atoms with van der Waals surface area (Å²) in [5.41, 5.74) is 4.84. The summed E-state index contributed by atoms with van der Waals surface area (Å²) in [4.78, 5) is 14.4. The first kappa shape index (κ1) is 15.5. The normalized spacial score (nSPS) is 22.3. The molecule has 0 bridgehead atoms. The zero-order valence-electron chi connectivity index (χ0n) is 14.4. The van der Waals surface area contributed by atoms with Crippen LogP contribution in [0.3, 0.4) is 0 Å². The second-order valence-electron chi connectivity index (χ2n) is 6.82. The highest BCUT2D eigenvalue weighted by Crippen LogP contribution is 2.56. The number of amides is 1. The van der Waals surface area contributed by atoms with E-state index < -0.39 is 12.1 Å². The Kier molecular flexibility index (Phi) is 3.34. The van der Waals surface area contributed by atoms with Gasteiger partial charge in [0.2, 0.25) is 12.7 Å². The topological polar surface area (TPSA) is 59.0 Å². The number of fused-ring (bicyclic) bond motifs is 4. The monoisotopic (exact) mass is 349 g/mol. The molecule has 0 unspecified atom stereocenters. The maximum Gasteiger partial charge on any atom is 0.246 e. The Morgan fingerprint density at radius 3 is 3.00 bits per heavy atom. The second-order valence-corrected chi connectivity index (χ2v) is 6.82. The van der Waals surface area contributed by atoms with E-state index in [2.05, 4.69) is 0 Å². The van der Waals surface area contributed by atoms with Crippen molar-refractivity contribution in [1.82, 2.24) is 4.90 Å². The Labute approximate surface area is 151 Å². The summed E-state index contributed by atoms with van der Waals surface area (Å²) in [5, 5.41) is 11.2. The number of allylic oxidation sites excluding steroid dienone is 1. The van der Waals surface area contributed by atoms with Gasteiger partial charge in [0, 0.05) is 12.1 Å². The Morgan fingerprint density at radius 1 is 1.31 bits per heavy atom. The van der Waals surface area contributed by atoms with E-state index in [-0.39, 0.29) is 12.7 Å².